The van der Waals surface area contributed by atoms with E-state index in [2.05, 4.69) is 11.4 Å². The van der Waals surface area contributed by atoms with E-state index in [4.69, 9.17) is 4.42 Å². The van der Waals surface area contributed by atoms with Gasteiger partial charge in [-0.15, -0.1) is 0 Å². The van der Waals surface area contributed by atoms with E-state index in [9.17, 15) is 18.0 Å². The van der Waals surface area contributed by atoms with Crippen LogP contribution in [0.5, 0.6) is 0 Å². The van der Waals surface area contributed by atoms with E-state index in [0.29, 0.717) is 30.6 Å². The van der Waals surface area contributed by atoms with E-state index in [1.165, 1.54) is 17.2 Å². The zero-order chi connectivity index (χ0) is 20.2. The molecule has 1 aromatic heterocycles. The quantitative estimate of drug-likeness (QED) is 0.802. The van der Waals surface area contributed by atoms with Crippen LogP contribution in [0.2, 0.25) is 0 Å². The average molecular weight is 414 g/mol. The number of hydrogen-bond acceptors (Lipinski definition) is 5. The van der Waals surface area contributed by atoms with Gasteiger partial charge in [0.25, 0.3) is 10.0 Å². The van der Waals surface area contributed by atoms with Crippen molar-refractivity contribution in [3.05, 3.63) is 45.7 Å². The minimum absolute atomic E-state index is 0.128. The van der Waals surface area contributed by atoms with E-state index in [1.54, 1.807) is 0 Å². The number of rotatable bonds is 3. The predicted molar refractivity (Wildman–Crippen MR) is 106 cm³/mol. The Balaban J connectivity index is 1.40. The summed E-state index contributed by atoms with van der Waals surface area (Å²) in [4.78, 5) is 24.5. The lowest BCUT2D eigenvalue weighted by Crippen LogP contribution is -2.34. The first-order chi connectivity index (χ1) is 13.9. The monoisotopic (exact) mass is 414 g/mol. The number of furan rings is 1. The molecule has 8 heteroatoms. The Labute approximate surface area is 168 Å². The molecule has 3 aliphatic rings. The third-order valence-corrected chi connectivity index (χ3v) is 7.28. The Kier molecular flexibility index (Phi) is 4.27. The van der Waals surface area contributed by atoms with Crippen molar-refractivity contribution < 1.29 is 22.4 Å². The smallest absolute Gasteiger partial charge is 0.333 e. The van der Waals surface area contributed by atoms with Gasteiger partial charge in [-0.3, -0.25) is 4.79 Å². The molecule has 5 rings (SSSR count). The molecular formula is C21H22N2O5S. The van der Waals surface area contributed by atoms with Crippen LogP contribution in [0.4, 0.5) is 10.5 Å². The summed E-state index contributed by atoms with van der Waals surface area (Å²) in [7, 11) is -4.21. The molecule has 0 aliphatic heterocycles. The van der Waals surface area contributed by atoms with E-state index in [-0.39, 0.29) is 5.78 Å². The predicted octanol–water partition coefficient (Wildman–Crippen LogP) is 3.29. The van der Waals surface area contributed by atoms with Gasteiger partial charge < -0.3 is 9.73 Å². The number of carbonyl (C=O) groups excluding carboxylic acids is 2. The highest BCUT2D eigenvalue weighted by molar-refractivity contribution is 7.89. The standard InChI is InChI=1S/C21H22N2O5S/c24-17-8-3-9-18-16(17)11-19(28-18)29(26,27)23-21(25)22-20-14-6-1-4-12(14)10-13-5-2-7-15(13)20/h10-11H,1-9H2,(H2,22,23,25). The maximum Gasteiger partial charge on any atom is 0.333 e. The van der Waals surface area contributed by atoms with Crippen LogP contribution in [-0.2, 0) is 42.1 Å². The molecule has 0 fully saturated rings. The van der Waals surface area contributed by atoms with Crippen LogP contribution in [0, 0.1) is 0 Å². The minimum atomic E-state index is -4.21. The number of anilines is 1. The second-order valence-corrected chi connectivity index (χ2v) is 9.59. The Bertz CT molecular complexity index is 1110. The summed E-state index contributed by atoms with van der Waals surface area (Å²) in [5.74, 6) is 0.247. The molecule has 0 saturated heterocycles. The molecule has 2 amide bonds. The number of benzene rings is 1. The zero-order valence-electron chi connectivity index (χ0n) is 16.0. The number of fused-ring (bicyclic) bond motifs is 3. The topological polar surface area (TPSA) is 105 Å². The summed E-state index contributed by atoms with van der Waals surface area (Å²) in [6.07, 6.45) is 7.37. The van der Waals surface area contributed by atoms with Crippen LogP contribution in [-0.4, -0.2) is 20.2 Å². The molecule has 2 aromatic rings. The molecule has 29 heavy (non-hydrogen) atoms. The molecule has 0 bridgehead atoms. The lowest BCUT2D eigenvalue weighted by molar-refractivity contribution is 0.0969. The first kappa shape index (κ1) is 18.4. The summed E-state index contributed by atoms with van der Waals surface area (Å²) in [6.45, 7) is 0. The van der Waals surface area contributed by atoms with Crippen molar-refractivity contribution in [1.29, 1.82) is 0 Å². The van der Waals surface area contributed by atoms with Crippen molar-refractivity contribution in [2.45, 2.75) is 62.9 Å². The van der Waals surface area contributed by atoms with Crippen molar-refractivity contribution in [2.75, 3.05) is 5.32 Å². The van der Waals surface area contributed by atoms with Crippen LogP contribution in [0.3, 0.4) is 0 Å². The van der Waals surface area contributed by atoms with Crippen LogP contribution in [0.15, 0.2) is 21.6 Å². The fraction of sp³-hybridized carbons (Fsp3) is 0.429. The number of carbonyl (C=O) groups is 2. The molecule has 2 N–H and O–H groups in total. The molecule has 7 nitrogen and oxygen atoms in total. The van der Waals surface area contributed by atoms with Crippen molar-refractivity contribution in [1.82, 2.24) is 4.72 Å². The Hall–Kier alpha value is -2.61. The van der Waals surface area contributed by atoms with Crippen molar-refractivity contribution >= 4 is 27.5 Å². The van der Waals surface area contributed by atoms with Crippen molar-refractivity contribution in [2.24, 2.45) is 0 Å². The summed E-state index contributed by atoms with van der Waals surface area (Å²) in [5, 5.41) is 2.41. The van der Waals surface area contributed by atoms with Gasteiger partial charge in [-0.25, -0.2) is 9.52 Å². The highest BCUT2D eigenvalue weighted by atomic mass is 32.2. The fourth-order valence-electron chi connectivity index (χ4n) is 4.78. The molecule has 0 radical (unpaired) electrons. The summed E-state index contributed by atoms with van der Waals surface area (Å²) in [5.41, 5.74) is 5.82. The van der Waals surface area contributed by atoms with Crippen LogP contribution in [0.1, 0.15) is 64.1 Å². The number of nitrogens with one attached hydrogen (secondary N) is 2. The van der Waals surface area contributed by atoms with Crippen LogP contribution >= 0.6 is 0 Å². The molecule has 0 atom stereocenters. The van der Waals surface area contributed by atoms with Gasteiger partial charge in [0.1, 0.15) is 5.76 Å². The SMILES string of the molecule is O=C(Nc1c2c(cc3c1CCC3)CCC2)NS(=O)(=O)c1cc2c(o1)CCCC2=O. The maximum absolute atomic E-state index is 12.6. The Morgan fingerprint density at radius 1 is 0.897 bits per heavy atom. The maximum atomic E-state index is 12.6. The molecule has 0 spiro atoms. The van der Waals surface area contributed by atoms with Gasteiger partial charge in [0, 0.05) is 24.6 Å². The molecule has 1 heterocycles. The molecule has 0 saturated carbocycles. The van der Waals surface area contributed by atoms with Crippen LogP contribution in [0.25, 0.3) is 0 Å². The highest BCUT2D eigenvalue weighted by Crippen LogP contribution is 2.38. The van der Waals surface area contributed by atoms with Crippen LogP contribution < -0.4 is 10.0 Å². The third kappa shape index (κ3) is 3.15. The average Bonchev–Trinajstić information content (AvgIpc) is 3.40. The fourth-order valence-corrected chi connectivity index (χ4v) is 5.66. The molecule has 3 aliphatic carbocycles. The number of Topliss-reactive ketones (excluding diaryl/α,β-unsaturated/α-hetero) is 1. The van der Waals surface area contributed by atoms with Gasteiger partial charge >= 0.3 is 6.03 Å². The Morgan fingerprint density at radius 3 is 2.21 bits per heavy atom. The van der Waals surface area contributed by atoms with Gasteiger partial charge in [0.05, 0.1) is 5.56 Å². The number of ketones is 1. The second-order valence-electron chi connectivity index (χ2n) is 7.97. The van der Waals surface area contributed by atoms with Gasteiger partial charge in [0.15, 0.2) is 5.78 Å². The number of urea groups is 1. The zero-order valence-corrected chi connectivity index (χ0v) is 16.8. The van der Waals surface area contributed by atoms with Gasteiger partial charge in [-0.1, -0.05) is 6.07 Å². The summed E-state index contributed by atoms with van der Waals surface area (Å²) in [6, 6.07) is 2.67. The summed E-state index contributed by atoms with van der Waals surface area (Å²) >= 11 is 0. The number of amides is 2. The normalized spacial score (nSPS) is 17.6. The number of sulfonamides is 1. The largest absolute Gasteiger partial charge is 0.447 e. The van der Waals surface area contributed by atoms with Gasteiger partial charge in [-0.05, 0) is 67.2 Å². The molecule has 1 aromatic carbocycles. The lowest BCUT2D eigenvalue weighted by Gasteiger charge is -2.16. The first-order valence-electron chi connectivity index (χ1n) is 10.1. The second kappa shape index (κ2) is 6.73. The first-order valence-corrected chi connectivity index (χ1v) is 11.6. The summed E-state index contributed by atoms with van der Waals surface area (Å²) < 4.78 is 32.7. The minimum Gasteiger partial charge on any atom is -0.447 e. The molecular weight excluding hydrogens is 392 g/mol. The van der Waals surface area contributed by atoms with Crippen molar-refractivity contribution in [3.8, 4) is 0 Å². The highest BCUT2D eigenvalue weighted by Gasteiger charge is 2.30. The van der Waals surface area contributed by atoms with Gasteiger partial charge in [0.2, 0.25) is 5.09 Å². The van der Waals surface area contributed by atoms with E-state index >= 15 is 0 Å². The Morgan fingerprint density at radius 2 is 1.55 bits per heavy atom. The lowest BCUT2D eigenvalue weighted by atomic mass is 9.98. The third-order valence-electron chi connectivity index (χ3n) is 6.10. The number of hydrogen-bond donors (Lipinski definition) is 2. The van der Waals surface area contributed by atoms with Crippen molar-refractivity contribution in [3.63, 3.8) is 0 Å². The van der Waals surface area contributed by atoms with E-state index in [1.807, 2.05) is 4.72 Å². The van der Waals surface area contributed by atoms with E-state index in [0.717, 1.165) is 55.3 Å². The number of aryl methyl sites for hydroxylation is 3. The molecule has 152 valence electrons. The molecule has 0 unspecified atom stereocenters. The van der Waals surface area contributed by atoms with Gasteiger partial charge in [-0.2, -0.15) is 8.42 Å². The van der Waals surface area contributed by atoms with E-state index < -0.39 is 21.1 Å².